The molecule has 6 nitrogen and oxygen atoms in total. The van der Waals surface area contributed by atoms with E-state index in [1.807, 2.05) is 12.1 Å². The lowest BCUT2D eigenvalue weighted by Crippen LogP contribution is -2.44. The topological polar surface area (TPSA) is 56.3 Å². The normalized spacial score (nSPS) is 23.7. The second-order valence-corrected chi connectivity index (χ2v) is 12.2. The van der Waals surface area contributed by atoms with E-state index < -0.39 is 0 Å². The van der Waals surface area contributed by atoms with Crippen LogP contribution >= 0.6 is 12.2 Å². The van der Waals surface area contributed by atoms with Crippen LogP contribution in [0.2, 0.25) is 0 Å². The summed E-state index contributed by atoms with van der Waals surface area (Å²) in [5.41, 5.74) is 1.14. The predicted molar refractivity (Wildman–Crippen MR) is 159 cm³/mol. The number of hydrogen-bond donors (Lipinski definition) is 2. The second kappa shape index (κ2) is 12.1. The maximum Gasteiger partial charge on any atom is 0.232 e. The van der Waals surface area contributed by atoms with Crippen LogP contribution in [-0.2, 0) is 5.41 Å². The lowest BCUT2D eigenvalue weighted by molar-refractivity contribution is 0.292. The molecule has 2 aromatic rings. The molecule has 3 heterocycles. The standard InChI is InChI=1S/C30H43FN6S/c1-22-9-8-17-36(20-22)26-19-27(37-18-7-4-10-23(37)2)34-28(33-26)35-29(38)32-21-30(15-5-3-6-16-30)24-11-13-25(31)14-12-24/h11-14,19,22-23H,3-10,15-18,20-21H2,1-2H3,(H2,32,33,34,35,38)/t22-,23+/m0/s1. The van der Waals surface area contributed by atoms with Gasteiger partial charge < -0.3 is 20.4 Å². The zero-order valence-electron chi connectivity index (χ0n) is 23.0. The fourth-order valence-corrected chi connectivity index (χ4v) is 6.78. The van der Waals surface area contributed by atoms with Crippen LogP contribution in [0.4, 0.5) is 22.0 Å². The summed E-state index contributed by atoms with van der Waals surface area (Å²) in [4.78, 5) is 14.7. The highest BCUT2D eigenvalue weighted by Gasteiger charge is 2.34. The predicted octanol–water partition coefficient (Wildman–Crippen LogP) is 6.42. The lowest BCUT2D eigenvalue weighted by Gasteiger charge is -2.38. The molecule has 206 valence electrons. The van der Waals surface area contributed by atoms with Gasteiger partial charge >= 0.3 is 0 Å². The van der Waals surface area contributed by atoms with E-state index in [0.29, 0.717) is 29.6 Å². The van der Waals surface area contributed by atoms with Gasteiger partial charge in [0.15, 0.2) is 5.11 Å². The molecule has 0 bridgehead atoms. The highest BCUT2D eigenvalue weighted by Crippen LogP contribution is 2.39. The van der Waals surface area contributed by atoms with E-state index in [4.69, 9.17) is 22.2 Å². The van der Waals surface area contributed by atoms with Crippen molar-refractivity contribution in [2.75, 3.05) is 41.3 Å². The molecule has 5 rings (SSSR count). The molecule has 38 heavy (non-hydrogen) atoms. The minimum absolute atomic E-state index is 0.0429. The quantitative estimate of drug-likeness (QED) is 0.412. The number of nitrogens with zero attached hydrogens (tertiary/aromatic N) is 4. The molecule has 2 N–H and O–H groups in total. The van der Waals surface area contributed by atoms with Crippen LogP contribution in [0.5, 0.6) is 0 Å². The number of benzene rings is 1. The Labute approximate surface area is 232 Å². The minimum atomic E-state index is -0.191. The highest BCUT2D eigenvalue weighted by molar-refractivity contribution is 7.80. The van der Waals surface area contributed by atoms with Crippen LogP contribution < -0.4 is 20.4 Å². The molecule has 3 fully saturated rings. The van der Waals surface area contributed by atoms with Crippen LogP contribution in [0.1, 0.15) is 83.6 Å². The van der Waals surface area contributed by atoms with Crippen molar-refractivity contribution >= 4 is 34.9 Å². The first-order valence-corrected chi connectivity index (χ1v) is 15.0. The minimum Gasteiger partial charge on any atom is -0.361 e. The Hall–Kier alpha value is -2.48. The summed E-state index contributed by atoms with van der Waals surface area (Å²) in [6, 6.07) is 9.67. The fraction of sp³-hybridized carbons (Fsp3) is 0.633. The maximum absolute atomic E-state index is 13.6. The Morgan fingerprint density at radius 1 is 0.974 bits per heavy atom. The van der Waals surface area contributed by atoms with Crippen LogP contribution in [0, 0.1) is 11.7 Å². The molecule has 0 amide bonds. The number of halogens is 1. The number of piperidine rings is 2. The van der Waals surface area contributed by atoms with E-state index in [1.165, 1.54) is 56.9 Å². The van der Waals surface area contributed by atoms with Gasteiger partial charge in [0.1, 0.15) is 17.5 Å². The first-order valence-electron chi connectivity index (χ1n) is 14.6. The average molecular weight is 539 g/mol. The molecule has 1 saturated carbocycles. The monoisotopic (exact) mass is 538 g/mol. The molecule has 3 aliphatic rings. The van der Waals surface area contributed by atoms with E-state index in [0.717, 1.165) is 44.1 Å². The Kier molecular flexibility index (Phi) is 8.66. The van der Waals surface area contributed by atoms with E-state index in [2.05, 4.69) is 40.3 Å². The smallest absolute Gasteiger partial charge is 0.232 e. The number of nitrogens with one attached hydrogen (secondary N) is 2. The van der Waals surface area contributed by atoms with Gasteiger partial charge in [-0.25, -0.2) is 4.39 Å². The molecular formula is C30H43FN6S. The third kappa shape index (κ3) is 6.38. The van der Waals surface area contributed by atoms with Crippen molar-refractivity contribution in [3.8, 4) is 0 Å². The average Bonchev–Trinajstić information content (AvgIpc) is 2.93. The molecular weight excluding hydrogens is 495 g/mol. The molecule has 0 spiro atoms. The van der Waals surface area contributed by atoms with Gasteiger partial charge in [0.05, 0.1) is 0 Å². The number of anilines is 3. The van der Waals surface area contributed by atoms with Crippen LogP contribution in [0.15, 0.2) is 30.3 Å². The molecule has 1 aromatic carbocycles. The highest BCUT2D eigenvalue weighted by atomic mass is 32.1. The maximum atomic E-state index is 13.6. The summed E-state index contributed by atoms with van der Waals surface area (Å²) in [5.74, 6) is 3.00. The van der Waals surface area contributed by atoms with Crippen LogP contribution in [0.25, 0.3) is 0 Å². The van der Waals surface area contributed by atoms with Gasteiger partial charge in [-0.15, -0.1) is 0 Å². The van der Waals surface area contributed by atoms with Crippen molar-refractivity contribution in [2.45, 2.75) is 89.5 Å². The Morgan fingerprint density at radius 3 is 2.47 bits per heavy atom. The molecule has 2 saturated heterocycles. The van der Waals surface area contributed by atoms with Gasteiger partial charge in [0.25, 0.3) is 0 Å². The SMILES string of the molecule is C[C@H]1CCCN(c2cc(N3CCCC[C@H]3C)nc(NC(=S)NCC3(c4ccc(F)cc4)CCCCC3)n2)C1. The molecule has 1 aromatic heterocycles. The van der Waals surface area contributed by atoms with Crippen LogP contribution in [-0.4, -0.2) is 47.3 Å². The van der Waals surface area contributed by atoms with E-state index in [-0.39, 0.29) is 11.2 Å². The van der Waals surface area contributed by atoms with Gasteiger partial charge in [0.2, 0.25) is 5.95 Å². The van der Waals surface area contributed by atoms with Gasteiger partial charge in [-0.1, -0.05) is 38.3 Å². The largest absolute Gasteiger partial charge is 0.361 e. The van der Waals surface area contributed by atoms with Crippen molar-refractivity contribution in [1.82, 2.24) is 15.3 Å². The molecule has 1 aliphatic carbocycles. The molecule has 2 atom stereocenters. The summed E-state index contributed by atoms with van der Waals surface area (Å²) < 4.78 is 13.6. The molecule has 8 heteroatoms. The van der Waals surface area contributed by atoms with Gasteiger partial charge in [0, 0.05) is 43.7 Å². The summed E-state index contributed by atoms with van der Waals surface area (Å²) >= 11 is 5.78. The second-order valence-electron chi connectivity index (χ2n) is 11.8. The van der Waals surface area contributed by atoms with Gasteiger partial charge in [-0.05, 0) is 87.7 Å². The van der Waals surface area contributed by atoms with E-state index in [1.54, 1.807) is 12.1 Å². The van der Waals surface area contributed by atoms with Crippen molar-refractivity contribution in [3.63, 3.8) is 0 Å². The zero-order valence-corrected chi connectivity index (χ0v) is 23.8. The number of thiocarbonyl (C=S) groups is 1. The van der Waals surface area contributed by atoms with Crippen molar-refractivity contribution in [1.29, 1.82) is 0 Å². The Bertz CT molecular complexity index is 1090. The van der Waals surface area contributed by atoms with E-state index >= 15 is 0 Å². The summed E-state index contributed by atoms with van der Waals surface area (Å²) in [6.07, 6.45) is 11.9. The molecule has 0 unspecified atom stereocenters. The lowest BCUT2D eigenvalue weighted by atomic mass is 9.69. The third-order valence-corrected chi connectivity index (χ3v) is 9.10. The molecule has 0 radical (unpaired) electrons. The van der Waals surface area contributed by atoms with Crippen LogP contribution in [0.3, 0.4) is 0 Å². The zero-order chi connectivity index (χ0) is 26.5. The Balaban J connectivity index is 1.34. The summed E-state index contributed by atoms with van der Waals surface area (Å²) in [7, 11) is 0. The third-order valence-electron chi connectivity index (χ3n) is 8.86. The number of rotatable bonds is 6. The number of hydrogen-bond acceptors (Lipinski definition) is 5. The Morgan fingerprint density at radius 2 is 1.74 bits per heavy atom. The first-order chi connectivity index (χ1) is 18.4. The number of aromatic nitrogens is 2. The summed E-state index contributed by atoms with van der Waals surface area (Å²) in [5, 5.41) is 7.36. The first kappa shape index (κ1) is 27.1. The van der Waals surface area contributed by atoms with Crippen molar-refractivity contribution in [3.05, 3.63) is 41.7 Å². The summed E-state index contributed by atoms with van der Waals surface area (Å²) in [6.45, 7) is 8.40. The van der Waals surface area contributed by atoms with Gasteiger partial charge in [-0.2, -0.15) is 9.97 Å². The van der Waals surface area contributed by atoms with Gasteiger partial charge in [-0.3, -0.25) is 0 Å². The molecule has 2 aliphatic heterocycles. The van der Waals surface area contributed by atoms with Crippen molar-refractivity contribution in [2.24, 2.45) is 5.92 Å². The fourth-order valence-electron chi connectivity index (χ4n) is 6.62. The van der Waals surface area contributed by atoms with Crippen molar-refractivity contribution < 1.29 is 4.39 Å². The van der Waals surface area contributed by atoms with E-state index in [9.17, 15) is 4.39 Å².